The van der Waals surface area contributed by atoms with Gasteiger partial charge in [-0.15, -0.1) is 0 Å². The van der Waals surface area contributed by atoms with Crippen LogP contribution in [0.3, 0.4) is 0 Å². The Morgan fingerprint density at radius 1 is 1.31 bits per heavy atom. The third-order valence-electron chi connectivity index (χ3n) is 5.77. The molecule has 2 aromatic rings. The van der Waals surface area contributed by atoms with Crippen molar-refractivity contribution in [3.63, 3.8) is 0 Å². The fraction of sp³-hybridized carbons (Fsp3) is 0.550. The van der Waals surface area contributed by atoms with Crippen molar-refractivity contribution in [1.82, 2.24) is 24.8 Å². The number of aryl methyl sites for hydroxylation is 2. The number of fused-ring (bicyclic) bond motifs is 4. The van der Waals surface area contributed by atoms with E-state index in [2.05, 4.69) is 31.7 Å². The summed E-state index contributed by atoms with van der Waals surface area (Å²) in [6, 6.07) is 4.32. The van der Waals surface area contributed by atoms with Crippen LogP contribution in [0.25, 0.3) is 0 Å². The Labute approximate surface area is 154 Å². The maximum Gasteiger partial charge on any atom is 0.223 e. The maximum absolute atomic E-state index is 12.9. The van der Waals surface area contributed by atoms with Crippen molar-refractivity contribution in [2.45, 2.75) is 45.2 Å². The van der Waals surface area contributed by atoms with Crippen LogP contribution in [0, 0.1) is 12.8 Å². The van der Waals surface area contributed by atoms with Crippen LogP contribution in [0.1, 0.15) is 36.2 Å². The highest BCUT2D eigenvalue weighted by molar-refractivity contribution is 5.77. The molecule has 6 nitrogen and oxygen atoms in total. The van der Waals surface area contributed by atoms with Crippen LogP contribution in [-0.2, 0) is 17.8 Å². The summed E-state index contributed by atoms with van der Waals surface area (Å²) in [6.07, 6.45) is 9.10. The third kappa shape index (κ3) is 3.80. The molecule has 5 rings (SSSR count). The van der Waals surface area contributed by atoms with Gasteiger partial charge in [0.05, 0.1) is 12.0 Å². The van der Waals surface area contributed by atoms with Crippen LogP contribution in [0.4, 0.5) is 0 Å². The Morgan fingerprint density at radius 2 is 2.23 bits per heavy atom. The zero-order valence-corrected chi connectivity index (χ0v) is 15.4. The molecular formula is C20H27N5O. The second-order valence-corrected chi connectivity index (χ2v) is 7.67. The number of nitrogens with one attached hydrogen (secondary N) is 1. The molecule has 3 aliphatic rings. The Bertz CT molecular complexity index is 744. The van der Waals surface area contributed by atoms with Crippen molar-refractivity contribution < 1.29 is 4.79 Å². The molecule has 138 valence electrons. The van der Waals surface area contributed by atoms with Crippen molar-refractivity contribution in [2.24, 2.45) is 5.92 Å². The summed E-state index contributed by atoms with van der Waals surface area (Å²) < 4.78 is 0. The number of hydrogen-bond acceptors (Lipinski definition) is 4. The van der Waals surface area contributed by atoms with E-state index in [0.29, 0.717) is 24.3 Å². The molecule has 2 atom stereocenters. The monoisotopic (exact) mass is 353 g/mol. The summed E-state index contributed by atoms with van der Waals surface area (Å²) in [7, 11) is 0. The lowest BCUT2D eigenvalue weighted by molar-refractivity contribution is -0.135. The van der Waals surface area contributed by atoms with Crippen LogP contribution in [0.5, 0.6) is 0 Å². The summed E-state index contributed by atoms with van der Waals surface area (Å²) >= 11 is 0. The largest absolute Gasteiger partial charge is 0.348 e. The maximum atomic E-state index is 12.9. The van der Waals surface area contributed by atoms with Crippen LogP contribution < -0.4 is 0 Å². The smallest absolute Gasteiger partial charge is 0.223 e. The average Bonchev–Trinajstić information content (AvgIpc) is 2.87. The number of pyridine rings is 1. The van der Waals surface area contributed by atoms with E-state index in [4.69, 9.17) is 0 Å². The molecule has 3 saturated heterocycles. The van der Waals surface area contributed by atoms with E-state index >= 15 is 0 Å². The summed E-state index contributed by atoms with van der Waals surface area (Å²) in [5.74, 6) is 0.872. The fourth-order valence-electron chi connectivity index (χ4n) is 4.31. The molecule has 5 heterocycles. The minimum atomic E-state index is 0.293. The zero-order valence-electron chi connectivity index (χ0n) is 15.4. The average molecular weight is 353 g/mol. The van der Waals surface area contributed by atoms with Crippen molar-refractivity contribution in [3.05, 3.63) is 47.8 Å². The van der Waals surface area contributed by atoms with Gasteiger partial charge in [0.15, 0.2) is 0 Å². The number of H-pyrrole nitrogens is 1. The van der Waals surface area contributed by atoms with Gasteiger partial charge >= 0.3 is 0 Å². The molecule has 1 amide bonds. The first kappa shape index (κ1) is 17.2. The molecule has 1 N–H and O–H groups in total. The molecule has 0 spiro atoms. The van der Waals surface area contributed by atoms with Gasteiger partial charge in [0.2, 0.25) is 5.91 Å². The lowest BCUT2D eigenvalue weighted by Crippen LogP contribution is -2.47. The van der Waals surface area contributed by atoms with Crippen LogP contribution >= 0.6 is 0 Å². The summed E-state index contributed by atoms with van der Waals surface area (Å²) in [5.41, 5.74) is 3.41. The number of carbonyl (C=O) groups is 1. The summed E-state index contributed by atoms with van der Waals surface area (Å²) in [6.45, 7) is 5.88. The quantitative estimate of drug-likeness (QED) is 0.895. The number of aromatic nitrogens is 3. The van der Waals surface area contributed by atoms with Gasteiger partial charge in [0, 0.05) is 56.7 Å². The molecule has 6 heteroatoms. The third-order valence-corrected chi connectivity index (χ3v) is 5.77. The molecule has 3 fully saturated rings. The van der Waals surface area contributed by atoms with Crippen LogP contribution in [0.2, 0.25) is 0 Å². The van der Waals surface area contributed by atoms with E-state index in [0.717, 1.165) is 56.0 Å². The molecule has 26 heavy (non-hydrogen) atoms. The number of nitrogens with zero attached hydrogens (tertiary/aromatic N) is 4. The van der Waals surface area contributed by atoms with Gasteiger partial charge in [0.25, 0.3) is 0 Å². The molecule has 0 aromatic carbocycles. The second-order valence-electron chi connectivity index (χ2n) is 7.67. The molecule has 0 saturated carbocycles. The summed E-state index contributed by atoms with van der Waals surface area (Å²) in [5, 5.41) is 0. The molecule has 2 bridgehead atoms. The standard InChI is InChI=1S/C20H27N5O/c1-15-19(23-14-22-15)13-24-10-17-4-6-18(12-24)25(11-17)20(26)7-5-16-3-2-8-21-9-16/h2-3,8-9,14,17-18H,4-7,10-13H2,1H3,(H,22,23)/t17-,18+/m0/s1. The minimum Gasteiger partial charge on any atom is -0.348 e. The van der Waals surface area contributed by atoms with Gasteiger partial charge in [-0.3, -0.25) is 14.7 Å². The molecular weight excluding hydrogens is 326 g/mol. The Balaban J connectivity index is 1.38. The van der Waals surface area contributed by atoms with Crippen molar-refractivity contribution in [3.8, 4) is 0 Å². The highest BCUT2D eigenvalue weighted by Gasteiger charge is 2.37. The first-order chi connectivity index (χ1) is 12.7. The Hall–Kier alpha value is -2.21. The van der Waals surface area contributed by atoms with Gasteiger partial charge in [-0.1, -0.05) is 6.07 Å². The van der Waals surface area contributed by atoms with Crippen molar-refractivity contribution in [2.75, 3.05) is 19.6 Å². The van der Waals surface area contributed by atoms with E-state index in [9.17, 15) is 4.79 Å². The topological polar surface area (TPSA) is 65.1 Å². The zero-order chi connectivity index (χ0) is 17.9. The molecule has 0 radical (unpaired) electrons. The number of hydrogen-bond donors (Lipinski definition) is 1. The van der Waals surface area contributed by atoms with E-state index in [1.165, 1.54) is 6.42 Å². The number of imidazole rings is 1. The first-order valence-electron chi connectivity index (χ1n) is 9.58. The fourth-order valence-corrected chi connectivity index (χ4v) is 4.31. The van der Waals surface area contributed by atoms with Crippen LogP contribution in [0.15, 0.2) is 30.9 Å². The van der Waals surface area contributed by atoms with Gasteiger partial charge in [-0.2, -0.15) is 0 Å². The van der Waals surface area contributed by atoms with Gasteiger partial charge < -0.3 is 9.88 Å². The SMILES string of the molecule is Cc1[nH]cnc1CN1C[C@@H]2CC[C@H](C1)N(C(=O)CCc1cccnc1)C2. The molecule has 0 unspecified atom stereocenters. The van der Waals surface area contributed by atoms with E-state index in [1.807, 2.05) is 18.3 Å². The number of amides is 1. The second kappa shape index (κ2) is 7.58. The molecule has 3 aliphatic heterocycles. The number of carbonyl (C=O) groups excluding carboxylic acids is 1. The van der Waals surface area contributed by atoms with Crippen molar-refractivity contribution >= 4 is 5.91 Å². The lowest BCUT2D eigenvalue weighted by Gasteiger charge is -2.36. The van der Waals surface area contributed by atoms with Gasteiger partial charge in [-0.25, -0.2) is 4.98 Å². The van der Waals surface area contributed by atoms with Gasteiger partial charge in [0.1, 0.15) is 0 Å². The predicted molar refractivity (Wildman–Crippen MR) is 99.4 cm³/mol. The van der Waals surface area contributed by atoms with E-state index < -0.39 is 0 Å². The number of piperidine rings is 1. The highest BCUT2D eigenvalue weighted by atomic mass is 16.2. The Morgan fingerprint density at radius 3 is 3.00 bits per heavy atom. The first-order valence-corrected chi connectivity index (χ1v) is 9.58. The van der Waals surface area contributed by atoms with E-state index in [1.54, 1.807) is 12.5 Å². The number of rotatable bonds is 5. The van der Waals surface area contributed by atoms with Crippen LogP contribution in [-0.4, -0.2) is 56.3 Å². The number of aromatic amines is 1. The lowest BCUT2D eigenvalue weighted by atomic mass is 9.94. The van der Waals surface area contributed by atoms with Gasteiger partial charge in [-0.05, 0) is 43.7 Å². The highest BCUT2D eigenvalue weighted by Crippen LogP contribution is 2.29. The molecule has 0 aliphatic carbocycles. The van der Waals surface area contributed by atoms with E-state index in [-0.39, 0.29) is 0 Å². The normalized spacial score (nSPS) is 23.2. The van der Waals surface area contributed by atoms with Crippen molar-refractivity contribution in [1.29, 1.82) is 0 Å². The summed E-state index contributed by atoms with van der Waals surface area (Å²) in [4.78, 5) is 29.3. The Kier molecular flexibility index (Phi) is 5.02. The predicted octanol–water partition coefficient (Wildman–Crippen LogP) is 2.17. The minimum absolute atomic E-state index is 0.293. The molecule has 2 aromatic heterocycles.